The fraction of sp³-hybridized carbons (Fsp3) is 0.769. The monoisotopic (exact) mass is 270 g/mol. The van der Waals surface area contributed by atoms with E-state index in [-0.39, 0.29) is 6.10 Å². The fourth-order valence-electron chi connectivity index (χ4n) is 2.36. The zero-order valence-electron chi connectivity index (χ0n) is 11.1. The largest absolute Gasteiger partial charge is 0.396 e. The zero-order valence-corrected chi connectivity index (χ0v) is 11.9. The summed E-state index contributed by atoms with van der Waals surface area (Å²) >= 11 is 1.67. The van der Waals surface area contributed by atoms with E-state index in [0.717, 1.165) is 36.8 Å². The van der Waals surface area contributed by atoms with Crippen LogP contribution in [0, 0.1) is 5.92 Å². The third-order valence-electron chi connectivity index (χ3n) is 3.52. The van der Waals surface area contributed by atoms with Gasteiger partial charge >= 0.3 is 0 Å². The lowest BCUT2D eigenvalue weighted by Crippen LogP contribution is -2.36. The van der Waals surface area contributed by atoms with Crippen LogP contribution in [0.1, 0.15) is 36.6 Å². The highest BCUT2D eigenvalue weighted by Crippen LogP contribution is 2.23. The molecule has 2 rings (SSSR count). The number of aliphatic hydroxyl groups is 1. The summed E-state index contributed by atoms with van der Waals surface area (Å²) in [6.45, 7) is 5.32. The van der Waals surface area contributed by atoms with Gasteiger partial charge in [0.15, 0.2) is 0 Å². The summed E-state index contributed by atoms with van der Waals surface area (Å²) in [7, 11) is 1.71. The molecule has 0 amide bonds. The molecule has 4 nitrogen and oxygen atoms in total. The number of hydrogen-bond acceptors (Lipinski definition) is 5. The molecule has 0 aliphatic carbocycles. The van der Waals surface area contributed by atoms with Gasteiger partial charge in [0.25, 0.3) is 0 Å². The minimum absolute atomic E-state index is 0.0790. The van der Waals surface area contributed by atoms with Gasteiger partial charge in [0.1, 0.15) is 11.1 Å². The molecule has 2 heterocycles. The molecule has 2 atom stereocenters. The van der Waals surface area contributed by atoms with Gasteiger partial charge in [-0.25, -0.2) is 4.98 Å². The van der Waals surface area contributed by atoms with E-state index in [4.69, 9.17) is 4.74 Å². The summed E-state index contributed by atoms with van der Waals surface area (Å²) in [5.41, 5.74) is 1.12. The Kier molecular flexibility index (Phi) is 5.12. The van der Waals surface area contributed by atoms with Gasteiger partial charge < -0.3 is 9.84 Å². The normalized spacial score (nSPS) is 23.2. The first kappa shape index (κ1) is 13.9. The van der Waals surface area contributed by atoms with Crippen molar-refractivity contribution in [2.75, 3.05) is 26.8 Å². The van der Waals surface area contributed by atoms with Crippen LogP contribution in [0.3, 0.4) is 0 Å². The standard InChI is InChI=1S/C13H22N2O2S/c1-10(17-2)13-14-12(9-18-13)7-15-5-3-4-11(6-15)8-16/h9-11,16H,3-8H2,1-2H3. The molecule has 1 aromatic heterocycles. The SMILES string of the molecule is COC(C)c1nc(CN2CCCC(CO)C2)cs1. The molecule has 1 saturated heterocycles. The molecule has 5 heteroatoms. The molecular formula is C13H22N2O2S. The van der Waals surface area contributed by atoms with Crippen LogP contribution < -0.4 is 0 Å². The number of rotatable bonds is 5. The van der Waals surface area contributed by atoms with Crippen LogP contribution in [0.15, 0.2) is 5.38 Å². The van der Waals surface area contributed by atoms with Crippen molar-refractivity contribution in [3.8, 4) is 0 Å². The van der Waals surface area contributed by atoms with E-state index in [1.165, 1.54) is 6.42 Å². The van der Waals surface area contributed by atoms with Crippen molar-refractivity contribution < 1.29 is 9.84 Å². The first-order valence-corrected chi connectivity index (χ1v) is 7.41. The minimum Gasteiger partial charge on any atom is -0.396 e. The Morgan fingerprint density at radius 3 is 3.22 bits per heavy atom. The second kappa shape index (κ2) is 6.61. The molecule has 0 bridgehead atoms. The average Bonchev–Trinajstić information content (AvgIpc) is 2.86. The van der Waals surface area contributed by atoms with Gasteiger partial charge in [0, 0.05) is 32.2 Å². The van der Waals surface area contributed by atoms with E-state index >= 15 is 0 Å². The Labute approximate surface area is 113 Å². The van der Waals surface area contributed by atoms with Gasteiger partial charge in [-0.2, -0.15) is 0 Å². The van der Waals surface area contributed by atoms with E-state index in [1.54, 1.807) is 18.4 Å². The smallest absolute Gasteiger partial charge is 0.122 e. The first-order valence-electron chi connectivity index (χ1n) is 6.53. The number of aromatic nitrogens is 1. The Bertz CT molecular complexity index is 370. The molecular weight excluding hydrogens is 248 g/mol. The Morgan fingerprint density at radius 1 is 1.67 bits per heavy atom. The summed E-state index contributed by atoms with van der Waals surface area (Å²) in [6, 6.07) is 0. The molecule has 0 radical (unpaired) electrons. The highest BCUT2D eigenvalue weighted by molar-refractivity contribution is 7.09. The maximum atomic E-state index is 9.23. The van der Waals surface area contributed by atoms with Gasteiger partial charge in [-0.3, -0.25) is 4.90 Å². The van der Waals surface area contributed by atoms with Gasteiger partial charge in [0.05, 0.1) is 5.69 Å². The fourth-order valence-corrected chi connectivity index (χ4v) is 3.20. The first-order chi connectivity index (χ1) is 8.72. The van der Waals surface area contributed by atoms with Crippen LogP contribution in [0.4, 0.5) is 0 Å². The maximum Gasteiger partial charge on any atom is 0.122 e. The van der Waals surface area contributed by atoms with E-state index in [9.17, 15) is 5.11 Å². The quantitative estimate of drug-likeness (QED) is 0.889. The number of ether oxygens (including phenoxy) is 1. The van der Waals surface area contributed by atoms with E-state index in [0.29, 0.717) is 12.5 Å². The number of piperidine rings is 1. The predicted molar refractivity (Wildman–Crippen MR) is 72.6 cm³/mol. The van der Waals surface area contributed by atoms with Gasteiger partial charge in [-0.15, -0.1) is 11.3 Å². The second-order valence-electron chi connectivity index (χ2n) is 4.98. The minimum atomic E-state index is 0.0790. The van der Waals surface area contributed by atoms with Crippen molar-refractivity contribution in [1.29, 1.82) is 0 Å². The van der Waals surface area contributed by atoms with E-state index < -0.39 is 0 Å². The van der Waals surface area contributed by atoms with Crippen molar-refractivity contribution in [2.24, 2.45) is 5.92 Å². The molecule has 2 unspecified atom stereocenters. The molecule has 1 fully saturated rings. The Balaban J connectivity index is 1.90. The molecule has 0 spiro atoms. The third-order valence-corrected chi connectivity index (χ3v) is 4.57. The summed E-state index contributed by atoms with van der Waals surface area (Å²) in [6.07, 6.45) is 2.41. The zero-order chi connectivity index (χ0) is 13.0. The van der Waals surface area contributed by atoms with Crippen molar-refractivity contribution >= 4 is 11.3 Å². The number of nitrogens with zero attached hydrogens (tertiary/aromatic N) is 2. The lowest BCUT2D eigenvalue weighted by molar-refractivity contribution is 0.113. The second-order valence-corrected chi connectivity index (χ2v) is 5.87. The van der Waals surface area contributed by atoms with Crippen molar-refractivity contribution in [2.45, 2.75) is 32.4 Å². The molecule has 1 aromatic rings. The molecule has 102 valence electrons. The molecule has 1 N–H and O–H groups in total. The van der Waals surface area contributed by atoms with Gasteiger partial charge in [-0.05, 0) is 32.2 Å². The molecule has 0 aromatic carbocycles. The van der Waals surface area contributed by atoms with Crippen LogP contribution in [-0.4, -0.2) is 41.8 Å². The van der Waals surface area contributed by atoms with Crippen molar-refractivity contribution in [3.63, 3.8) is 0 Å². The third kappa shape index (κ3) is 3.51. The lowest BCUT2D eigenvalue weighted by Gasteiger charge is -2.31. The summed E-state index contributed by atoms with van der Waals surface area (Å²) in [5, 5.41) is 12.4. The molecule has 18 heavy (non-hydrogen) atoms. The summed E-state index contributed by atoms with van der Waals surface area (Å²) in [4.78, 5) is 7.00. The molecule has 1 aliphatic rings. The van der Waals surface area contributed by atoms with Crippen LogP contribution in [0.2, 0.25) is 0 Å². The Hall–Kier alpha value is -0.490. The van der Waals surface area contributed by atoms with E-state index in [1.807, 2.05) is 6.92 Å². The highest BCUT2D eigenvalue weighted by Gasteiger charge is 2.20. The van der Waals surface area contributed by atoms with Crippen molar-refractivity contribution in [1.82, 2.24) is 9.88 Å². The topological polar surface area (TPSA) is 45.6 Å². The van der Waals surface area contributed by atoms with Gasteiger partial charge in [-0.1, -0.05) is 0 Å². The number of hydrogen-bond donors (Lipinski definition) is 1. The highest BCUT2D eigenvalue weighted by atomic mass is 32.1. The number of likely N-dealkylation sites (tertiary alicyclic amines) is 1. The van der Waals surface area contributed by atoms with Crippen LogP contribution in [0.5, 0.6) is 0 Å². The van der Waals surface area contributed by atoms with Crippen molar-refractivity contribution in [3.05, 3.63) is 16.1 Å². The van der Waals surface area contributed by atoms with Crippen LogP contribution in [-0.2, 0) is 11.3 Å². The Morgan fingerprint density at radius 2 is 2.50 bits per heavy atom. The number of aliphatic hydroxyl groups excluding tert-OH is 1. The summed E-state index contributed by atoms with van der Waals surface area (Å²) in [5.74, 6) is 0.440. The van der Waals surface area contributed by atoms with E-state index in [2.05, 4.69) is 15.3 Å². The van der Waals surface area contributed by atoms with Crippen LogP contribution >= 0.6 is 11.3 Å². The molecule has 0 saturated carbocycles. The lowest BCUT2D eigenvalue weighted by atomic mass is 9.99. The van der Waals surface area contributed by atoms with Crippen LogP contribution in [0.25, 0.3) is 0 Å². The number of thiazole rings is 1. The maximum absolute atomic E-state index is 9.23. The van der Waals surface area contributed by atoms with Gasteiger partial charge in [0.2, 0.25) is 0 Å². The predicted octanol–water partition coefficient (Wildman–Crippen LogP) is 2.05. The molecule has 1 aliphatic heterocycles. The average molecular weight is 270 g/mol. The summed E-state index contributed by atoms with van der Waals surface area (Å²) < 4.78 is 5.28. The number of methoxy groups -OCH3 is 1.